The van der Waals surface area contributed by atoms with E-state index in [0.29, 0.717) is 25.8 Å². The Hall–Kier alpha value is -2.12. The normalized spacial score (nSPS) is 19.0. The van der Waals surface area contributed by atoms with Gasteiger partial charge in [-0.2, -0.15) is 0 Å². The molecule has 1 heterocycles. The largest absolute Gasteiger partial charge is 0.481 e. The van der Waals surface area contributed by atoms with Crippen molar-refractivity contribution in [2.75, 3.05) is 6.54 Å². The Bertz CT molecular complexity index is 664. The van der Waals surface area contributed by atoms with Crippen molar-refractivity contribution in [1.82, 2.24) is 10.2 Å². The van der Waals surface area contributed by atoms with Crippen molar-refractivity contribution < 1.29 is 24.3 Å². The highest BCUT2D eigenvalue weighted by atomic mass is 16.4. The number of carbonyl (C=O) groups excluding carboxylic acids is 3. The van der Waals surface area contributed by atoms with Crippen LogP contribution in [0.4, 0.5) is 0 Å². The van der Waals surface area contributed by atoms with Gasteiger partial charge in [0.15, 0.2) is 0 Å². The van der Waals surface area contributed by atoms with Gasteiger partial charge >= 0.3 is 5.97 Å². The maximum Gasteiger partial charge on any atom is 0.303 e. The lowest BCUT2D eigenvalue weighted by Gasteiger charge is -2.38. The third-order valence-corrected chi connectivity index (χ3v) is 5.42. The number of nitrogens with two attached hydrogens (primary N) is 1. The Labute approximate surface area is 173 Å². The SMILES string of the molecule is CC(C)(CC(=O)O)CC(C)(C)C(=O)N[C@H](C(=O)N1CCC[C@H]1C(N)=O)C(C)(C)C. The van der Waals surface area contributed by atoms with Crippen LogP contribution in [-0.4, -0.2) is 52.3 Å². The van der Waals surface area contributed by atoms with Crippen molar-refractivity contribution in [3.8, 4) is 0 Å². The summed E-state index contributed by atoms with van der Waals surface area (Å²) >= 11 is 0. The van der Waals surface area contributed by atoms with Crippen LogP contribution in [0, 0.1) is 16.2 Å². The van der Waals surface area contributed by atoms with Crippen LogP contribution < -0.4 is 11.1 Å². The molecule has 8 nitrogen and oxygen atoms in total. The fourth-order valence-electron chi connectivity index (χ4n) is 4.22. The van der Waals surface area contributed by atoms with E-state index >= 15 is 0 Å². The monoisotopic (exact) mass is 411 g/mol. The van der Waals surface area contributed by atoms with Crippen LogP contribution in [0.3, 0.4) is 0 Å². The molecule has 1 fully saturated rings. The third kappa shape index (κ3) is 6.72. The standard InChI is InChI=1S/C21H37N3O5/c1-19(2,3)15(17(28)24-10-8-9-13(24)16(22)27)23-18(29)21(6,7)12-20(4,5)11-14(25)26/h13,15H,8-12H2,1-7H3,(H2,22,27)(H,23,29)(H,25,26)/t13-,15+/m0/s1. The highest BCUT2D eigenvalue weighted by molar-refractivity contribution is 5.93. The fraction of sp³-hybridized carbons (Fsp3) is 0.810. The third-order valence-electron chi connectivity index (χ3n) is 5.42. The van der Waals surface area contributed by atoms with E-state index in [0.717, 1.165) is 0 Å². The van der Waals surface area contributed by atoms with E-state index < -0.39 is 40.2 Å². The number of rotatable bonds is 8. The Balaban J connectivity index is 3.03. The number of carboxylic acid groups (broad SMARTS) is 1. The van der Waals surface area contributed by atoms with Crippen LogP contribution in [0.15, 0.2) is 0 Å². The number of likely N-dealkylation sites (tertiary alicyclic amines) is 1. The first kappa shape index (κ1) is 24.9. The molecule has 1 saturated heterocycles. The average molecular weight is 412 g/mol. The van der Waals surface area contributed by atoms with Gasteiger partial charge in [-0.1, -0.05) is 48.5 Å². The fourth-order valence-corrected chi connectivity index (χ4v) is 4.22. The van der Waals surface area contributed by atoms with Crippen molar-refractivity contribution in [3.05, 3.63) is 0 Å². The number of carbonyl (C=O) groups is 4. The minimum Gasteiger partial charge on any atom is -0.481 e. The van der Waals surface area contributed by atoms with Crippen LogP contribution in [-0.2, 0) is 19.2 Å². The zero-order chi connectivity index (χ0) is 22.8. The van der Waals surface area contributed by atoms with Gasteiger partial charge in [0.05, 0.1) is 6.42 Å². The summed E-state index contributed by atoms with van der Waals surface area (Å²) in [6, 6.07) is -1.47. The summed E-state index contributed by atoms with van der Waals surface area (Å²) < 4.78 is 0. The summed E-state index contributed by atoms with van der Waals surface area (Å²) in [4.78, 5) is 50.6. The van der Waals surface area contributed by atoms with Crippen molar-refractivity contribution >= 4 is 23.7 Å². The first-order valence-electron chi connectivity index (χ1n) is 10.1. The summed E-state index contributed by atoms with van der Waals surface area (Å²) in [7, 11) is 0. The summed E-state index contributed by atoms with van der Waals surface area (Å²) in [6.07, 6.45) is 1.51. The second-order valence-corrected chi connectivity index (χ2v) is 10.7. The zero-order valence-corrected chi connectivity index (χ0v) is 18.8. The topological polar surface area (TPSA) is 130 Å². The van der Waals surface area contributed by atoms with E-state index in [1.165, 1.54) is 4.90 Å². The minimum absolute atomic E-state index is 0.0561. The predicted molar refractivity (Wildman–Crippen MR) is 110 cm³/mol. The summed E-state index contributed by atoms with van der Waals surface area (Å²) in [6.45, 7) is 13.1. The number of amides is 3. The van der Waals surface area contributed by atoms with Gasteiger partial charge < -0.3 is 21.1 Å². The molecule has 0 bridgehead atoms. The first-order chi connectivity index (χ1) is 13.0. The predicted octanol–water partition coefficient (Wildman–Crippen LogP) is 1.91. The zero-order valence-electron chi connectivity index (χ0n) is 18.8. The maximum atomic E-state index is 13.2. The average Bonchev–Trinajstić information content (AvgIpc) is 2.97. The molecule has 1 rings (SSSR count). The number of nitrogens with zero attached hydrogens (tertiary/aromatic N) is 1. The van der Waals surface area contributed by atoms with E-state index in [1.54, 1.807) is 13.8 Å². The van der Waals surface area contributed by atoms with Crippen molar-refractivity contribution in [1.29, 1.82) is 0 Å². The molecule has 1 aliphatic rings. The molecular formula is C21H37N3O5. The molecule has 1 aliphatic heterocycles. The van der Waals surface area contributed by atoms with Crippen LogP contribution in [0.1, 0.15) is 74.1 Å². The van der Waals surface area contributed by atoms with Crippen LogP contribution in [0.25, 0.3) is 0 Å². The first-order valence-corrected chi connectivity index (χ1v) is 10.1. The van der Waals surface area contributed by atoms with Gasteiger partial charge in [-0.3, -0.25) is 19.2 Å². The summed E-state index contributed by atoms with van der Waals surface area (Å²) in [5.41, 5.74) is 3.41. The van der Waals surface area contributed by atoms with Gasteiger partial charge in [-0.25, -0.2) is 0 Å². The second-order valence-electron chi connectivity index (χ2n) is 10.7. The van der Waals surface area contributed by atoms with Gasteiger partial charge in [0.25, 0.3) is 0 Å². The van der Waals surface area contributed by atoms with Crippen LogP contribution >= 0.6 is 0 Å². The van der Waals surface area contributed by atoms with Gasteiger partial charge in [-0.05, 0) is 30.1 Å². The second kappa shape index (κ2) is 8.71. The molecule has 0 aromatic rings. The number of aliphatic carboxylic acids is 1. The Morgan fingerprint density at radius 2 is 1.66 bits per heavy atom. The lowest BCUT2D eigenvalue weighted by Crippen LogP contribution is -2.59. The number of hydrogen-bond donors (Lipinski definition) is 3. The molecule has 0 spiro atoms. The number of hydrogen-bond acceptors (Lipinski definition) is 4. The van der Waals surface area contributed by atoms with Crippen molar-refractivity contribution in [3.63, 3.8) is 0 Å². The highest BCUT2D eigenvalue weighted by Crippen LogP contribution is 2.37. The molecule has 2 atom stereocenters. The van der Waals surface area contributed by atoms with Crippen molar-refractivity contribution in [2.24, 2.45) is 22.0 Å². The van der Waals surface area contributed by atoms with Crippen LogP contribution in [0.5, 0.6) is 0 Å². The number of carboxylic acids is 1. The molecule has 8 heteroatoms. The quantitative estimate of drug-likeness (QED) is 0.562. The molecule has 166 valence electrons. The Kier molecular flexibility index (Phi) is 7.49. The van der Waals surface area contributed by atoms with E-state index in [1.807, 2.05) is 34.6 Å². The molecule has 29 heavy (non-hydrogen) atoms. The van der Waals surface area contributed by atoms with E-state index in [2.05, 4.69) is 5.32 Å². The molecule has 0 unspecified atom stereocenters. The lowest BCUT2D eigenvalue weighted by atomic mass is 9.72. The van der Waals surface area contributed by atoms with E-state index in [9.17, 15) is 19.2 Å². The van der Waals surface area contributed by atoms with Crippen LogP contribution in [0.2, 0.25) is 0 Å². The lowest BCUT2D eigenvalue weighted by molar-refractivity contribution is -0.145. The smallest absolute Gasteiger partial charge is 0.303 e. The Morgan fingerprint density at radius 3 is 2.10 bits per heavy atom. The van der Waals surface area contributed by atoms with Crippen molar-refractivity contribution in [2.45, 2.75) is 86.2 Å². The molecule has 0 aromatic carbocycles. The van der Waals surface area contributed by atoms with Gasteiger partial charge in [0.1, 0.15) is 12.1 Å². The summed E-state index contributed by atoms with van der Waals surface area (Å²) in [5.74, 6) is -2.09. The molecule has 3 amide bonds. The maximum absolute atomic E-state index is 13.2. The molecule has 4 N–H and O–H groups in total. The molecule has 0 aromatic heterocycles. The summed E-state index contributed by atoms with van der Waals surface area (Å²) in [5, 5.41) is 12.0. The Morgan fingerprint density at radius 1 is 1.10 bits per heavy atom. The molecule has 0 aliphatic carbocycles. The van der Waals surface area contributed by atoms with Gasteiger partial charge in [0.2, 0.25) is 17.7 Å². The molecular weight excluding hydrogens is 374 g/mol. The number of primary amides is 1. The molecule has 0 radical (unpaired) electrons. The minimum atomic E-state index is -0.916. The van der Waals surface area contributed by atoms with E-state index in [-0.39, 0.29) is 18.2 Å². The number of nitrogens with one attached hydrogen (secondary N) is 1. The highest BCUT2D eigenvalue weighted by Gasteiger charge is 2.44. The molecule has 0 saturated carbocycles. The van der Waals surface area contributed by atoms with Gasteiger partial charge in [-0.15, -0.1) is 0 Å². The van der Waals surface area contributed by atoms with E-state index in [4.69, 9.17) is 10.8 Å². The van der Waals surface area contributed by atoms with Gasteiger partial charge in [0, 0.05) is 12.0 Å².